The predicted molar refractivity (Wildman–Crippen MR) is 50.9 cm³/mol. The van der Waals surface area contributed by atoms with Gasteiger partial charge in [0.25, 0.3) is 0 Å². The Balaban J connectivity index is 2.27. The SMILES string of the molecule is Cn1cc(C2C(C(=O)O)C2(C)C)cn1. The van der Waals surface area contributed by atoms with E-state index >= 15 is 0 Å². The van der Waals surface area contributed by atoms with Crippen molar-refractivity contribution in [2.45, 2.75) is 19.8 Å². The minimum absolute atomic E-state index is 0.119. The first-order chi connectivity index (χ1) is 6.44. The van der Waals surface area contributed by atoms with Gasteiger partial charge in [-0.05, 0) is 11.0 Å². The maximum atomic E-state index is 10.9. The highest BCUT2D eigenvalue weighted by Gasteiger charge is 2.63. The van der Waals surface area contributed by atoms with E-state index in [0.29, 0.717) is 0 Å². The van der Waals surface area contributed by atoms with Crippen molar-refractivity contribution in [1.82, 2.24) is 9.78 Å². The molecule has 1 N–H and O–H groups in total. The zero-order valence-corrected chi connectivity index (χ0v) is 8.56. The summed E-state index contributed by atoms with van der Waals surface area (Å²) < 4.78 is 1.71. The fraction of sp³-hybridized carbons (Fsp3) is 0.600. The molecule has 1 saturated carbocycles. The van der Waals surface area contributed by atoms with Crippen molar-refractivity contribution in [2.75, 3.05) is 0 Å². The third-order valence-electron chi connectivity index (χ3n) is 3.18. The highest BCUT2D eigenvalue weighted by Crippen LogP contribution is 2.64. The van der Waals surface area contributed by atoms with Gasteiger partial charge in [-0.3, -0.25) is 9.48 Å². The van der Waals surface area contributed by atoms with E-state index in [4.69, 9.17) is 5.11 Å². The van der Waals surface area contributed by atoms with Gasteiger partial charge in [0.2, 0.25) is 0 Å². The summed E-state index contributed by atoms with van der Waals surface area (Å²) in [5.74, 6) is -0.843. The minimum Gasteiger partial charge on any atom is -0.481 e. The van der Waals surface area contributed by atoms with Crippen molar-refractivity contribution in [1.29, 1.82) is 0 Å². The molecule has 2 rings (SSSR count). The molecule has 1 aromatic heterocycles. The second-order valence-electron chi connectivity index (χ2n) is 4.56. The van der Waals surface area contributed by atoms with Gasteiger partial charge in [-0.15, -0.1) is 0 Å². The van der Waals surface area contributed by atoms with Gasteiger partial charge in [0, 0.05) is 19.2 Å². The van der Waals surface area contributed by atoms with Crippen LogP contribution in [-0.2, 0) is 11.8 Å². The second kappa shape index (κ2) is 2.59. The molecule has 76 valence electrons. The van der Waals surface area contributed by atoms with Crippen LogP contribution in [0, 0.1) is 11.3 Å². The van der Waals surface area contributed by atoms with E-state index in [9.17, 15) is 4.79 Å². The first-order valence-corrected chi connectivity index (χ1v) is 4.66. The molecule has 2 atom stereocenters. The third kappa shape index (κ3) is 1.14. The lowest BCUT2D eigenvalue weighted by Gasteiger charge is -1.97. The fourth-order valence-corrected chi connectivity index (χ4v) is 2.32. The molecule has 1 aliphatic carbocycles. The number of hydrogen-bond acceptors (Lipinski definition) is 2. The van der Waals surface area contributed by atoms with Gasteiger partial charge in [0.1, 0.15) is 0 Å². The number of aliphatic carboxylic acids is 1. The highest BCUT2D eigenvalue weighted by molar-refractivity contribution is 5.77. The summed E-state index contributed by atoms with van der Waals surface area (Å²) in [5.41, 5.74) is 0.902. The Morgan fingerprint density at radius 1 is 1.64 bits per heavy atom. The number of carbonyl (C=O) groups is 1. The lowest BCUT2D eigenvalue weighted by atomic mass is 10.1. The van der Waals surface area contributed by atoms with Crippen LogP contribution in [0.4, 0.5) is 0 Å². The smallest absolute Gasteiger partial charge is 0.307 e. The zero-order chi connectivity index (χ0) is 10.5. The van der Waals surface area contributed by atoms with Crippen LogP contribution in [0.5, 0.6) is 0 Å². The summed E-state index contributed by atoms with van der Waals surface area (Å²) in [5, 5.41) is 13.1. The van der Waals surface area contributed by atoms with E-state index < -0.39 is 5.97 Å². The molecule has 1 aromatic rings. The maximum absolute atomic E-state index is 10.9. The van der Waals surface area contributed by atoms with Crippen LogP contribution >= 0.6 is 0 Å². The van der Waals surface area contributed by atoms with Crippen LogP contribution in [0.1, 0.15) is 25.3 Å². The molecule has 0 spiro atoms. The van der Waals surface area contributed by atoms with E-state index in [-0.39, 0.29) is 17.3 Å². The van der Waals surface area contributed by atoms with Crippen molar-refractivity contribution < 1.29 is 9.90 Å². The Hall–Kier alpha value is -1.32. The number of aromatic nitrogens is 2. The Kier molecular flexibility index (Phi) is 1.71. The van der Waals surface area contributed by atoms with Gasteiger partial charge in [-0.25, -0.2) is 0 Å². The van der Waals surface area contributed by atoms with Crippen LogP contribution in [0.2, 0.25) is 0 Å². The van der Waals surface area contributed by atoms with E-state index in [1.165, 1.54) is 0 Å². The molecule has 1 aliphatic rings. The van der Waals surface area contributed by atoms with Crippen LogP contribution < -0.4 is 0 Å². The molecule has 0 aliphatic heterocycles. The summed E-state index contributed by atoms with van der Waals surface area (Å²) in [6, 6.07) is 0. The van der Waals surface area contributed by atoms with Gasteiger partial charge >= 0.3 is 5.97 Å². The summed E-state index contributed by atoms with van der Waals surface area (Å²) in [6.07, 6.45) is 3.66. The lowest BCUT2D eigenvalue weighted by Crippen LogP contribution is -2.03. The van der Waals surface area contributed by atoms with Crippen molar-refractivity contribution in [3.63, 3.8) is 0 Å². The van der Waals surface area contributed by atoms with Crippen LogP contribution in [0.3, 0.4) is 0 Å². The van der Waals surface area contributed by atoms with Gasteiger partial charge < -0.3 is 5.11 Å². The molecule has 0 aromatic carbocycles. The Morgan fingerprint density at radius 3 is 2.64 bits per heavy atom. The number of nitrogens with zero attached hydrogens (tertiary/aromatic N) is 2. The monoisotopic (exact) mass is 194 g/mol. The number of rotatable bonds is 2. The zero-order valence-electron chi connectivity index (χ0n) is 8.56. The van der Waals surface area contributed by atoms with Crippen LogP contribution in [-0.4, -0.2) is 20.9 Å². The topological polar surface area (TPSA) is 55.1 Å². The van der Waals surface area contributed by atoms with Crippen molar-refractivity contribution in [3.05, 3.63) is 18.0 Å². The van der Waals surface area contributed by atoms with E-state index in [1.54, 1.807) is 10.9 Å². The van der Waals surface area contributed by atoms with E-state index in [2.05, 4.69) is 5.10 Å². The second-order valence-corrected chi connectivity index (χ2v) is 4.56. The average Bonchev–Trinajstić information content (AvgIpc) is 2.42. The van der Waals surface area contributed by atoms with Crippen LogP contribution in [0.15, 0.2) is 12.4 Å². The number of aryl methyl sites for hydroxylation is 1. The third-order valence-corrected chi connectivity index (χ3v) is 3.18. The van der Waals surface area contributed by atoms with Gasteiger partial charge in [-0.2, -0.15) is 5.10 Å². The van der Waals surface area contributed by atoms with E-state index in [0.717, 1.165) is 5.56 Å². The Morgan fingerprint density at radius 2 is 2.29 bits per heavy atom. The maximum Gasteiger partial charge on any atom is 0.307 e. The standard InChI is InChI=1S/C10H14N2O2/c1-10(2)7(8(10)9(13)14)6-4-11-12(3)5-6/h4-5,7-8H,1-3H3,(H,13,14). The minimum atomic E-state index is -0.705. The van der Waals surface area contributed by atoms with E-state index in [1.807, 2.05) is 27.1 Å². The van der Waals surface area contributed by atoms with Gasteiger partial charge in [0.15, 0.2) is 0 Å². The summed E-state index contributed by atoms with van der Waals surface area (Å²) >= 11 is 0. The molecular formula is C10H14N2O2. The first-order valence-electron chi connectivity index (χ1n) is 4.66. The quantitative estimate of drug-likeness (QED) is 0.770. The summed E-state index contributed by atoms with van der Waals surface area (Å²) in [4.78, 5) is 10.9. The normalized spacial score (nSPS) is 28.8. The molecule has 0 radical (unpaired) electrons. The van der Waals surface area contributed by atoms with Crippen molar-refractivity contribution >= 4 is 5.97 Å². The molecular weight excluding hydrogens is 180 g/mol. The van der Waals surface area contributed by atoms with Crippen LogP contribution in [0.25, 0.3) is 0 Å². The summed E-state index contributed by atoms with van der Waals surface area (Å²) in [6.45, 7) is 3.98. The molecule has 0 saturated heterocycles. The molecule has 14 heavy (non-hydrogen) atoms. The molecule has 0 amide bonds. The molecule has 4 heteroatoms. The highest BCUT2D eigenvalue weighted by atomic mass is 16.4. The molecule has 4 nitrogen and oxygen atoms in total. The molecule has 0 bridgehead atoms. The molecule has 1 fully saturated rings. The lowest BCUT2D eigenvalue weighted by molar-refractivity contribution is -0.139. The Bertz CT molecular complexity index is 381. The fourth-order valence-electron chi connectivity index (χ4n) is 2.32. The Labute approximate surface area is 82.5 Å². The van der Waals surface area contributed by atoms with Crippen molar-refractivity contribution in [2.24, 2.45) is 18.4 Å². The predicted octanol–water partition coefficient (Wildman–Crippen LogP) is 1.24. The van der Waals surface area contributed by atoms with Gasteiger partial charge in [-0.1, -0.05) is 13.8 Å². The largest absolute Gasteiger partial charge is 0.481 e. The van der Waals surface area contributed by atoms with Gasteiger partial charge in [0.05, 0.1) is 12.1 Å². The average molecular weight is 194 g/mol. The molecule has 2 unspecified atom stereocenters. The molecule has 1 heterocycles. The number of hydrogen-bond donors (Lipinski definition) is 1. The number of carboxylic acids is 1. The summed E-state index contributed by atoms with van der Waals surface area (Å²) in [7, 11) is 1.84. The first kappa shape index (κ1) is 9.24. The van der Waals surface area contributed by atoms with Crippen molar-refractivity contribution in [3.8, 4) is 0 Å². The number of carboxylic acid groups (broad SMARTS) is 1.